The normalized spacial score (nSPS) is 18.5. The van der Waals surface area contributed by atoms with Crippen molar-refractivity contribution >= 4 is 40.6 Å². The summed E-state index contributed by atoms with van der Waals surface area (Å²) in [7, 11) is 3.66. The van der Waals surface area contributed by atoms with Gasteiger partial charge in [0.2, 0.25) is 17.8 Å². The number of nitrogens with zero attached hydrogens (tertiary/aromatic N) is 5. The summed E-state index contributed by atoms with van der Waals surface area (Å²) in [6, 6.07) is 5.80. The number of anilines is 6. The third-order valence-corrected chi connectivity index (χ3v) is 7.59. The number of benzene rings is 2. The minimum Gasteiger partial charge on any atom is -0.494 e. The Bertz CT molecular complexity index is 1510. The number of hydrogen-bond acceptors (Lipinski definition) is 10. The Morgan fingerprint density at radius 2 is 1.79 bits per heavy atom. The van der Waals surface area contributed by atoms with Crippen molar-refractivity contribution in [3.63, 3.8) is 0 Å². The Morgan fingerprint density at radius 3 is 2.45 bits per heavy atom. The van der Waals surface area contributed by atoms with E-state index in [1.807, 2.05) is 6.07 Å². The van der Waals surface area contributed by atoms with E-state index in [2.05, 4.69) is 54.3 Å². The molecule has 0 aliphatic carbocycles. The highest BCUT2D eigenvalue weighted by Crippen LogP contribution is 2.43. The number of likely N-dealkylation sites (tertiary alicyclic amines) is 1. The van der Waals surface area contributed by atoms with Gasteiger partial charge in [-0.15, -0.1) is 0 Å². The molecule has 0 spiro atoms. The number of halogens is 2. The van der Waals surface area contributed by atoms with Crippen LogP contribution < -0.4 is 25.6 Å². The molecule has 4 N–H and O–H groups in total. The molecule has 2 aromatic carbocycles. The Kier molecular flexibility index (Phi) is 7.97. The molecule has 3 aromatic rings. The number of ether oxygens (including phenoxy) is 1. The SMILES string of the molecule is C=CC(=O)Nc1cc(Nc2ncnc(Nc3cc(F)c(F)cc3C(C)(C)O)n2)c(OC)cc1N1CC[C@@H]2CN(C)C[C@@H]21. The maximum absolute atomic E-state index is 14.1. The molecule has 222 valence electrons. The predicted octanol–water partition coefficient (Wildman–Crippen LogP) is 4.14. The van der Waals surface area contributed by atoms with E-state index >= 15 is 0 Å². The van der Waals surface area contributed by atoms with Crippen LogP contribution in [0.1, 0.15) is 25.8 Å². The fraction of sp³-hybridized carbons (Fsp3) is 0.379. The Hall–Kier alpha value is -4.36. The van der Waals surface area contributed by atoms with Gasteiger partial charge in [-0.2, -0.15) is 4.98 Å². The molecule has 2 fully saturated rings. The highest BCUT2D eigenvalue weighted by molar-refractivity contribution is 6.02. The summed E-state index contributed by atoms with van der Waals surface area (Å²) < 4.78 is 33.7. The average Bonchev–Trinajstić information content (AvgIpc) is 3.49. The molecule has 0 unspecified atom stereocenters. The molecule has 2 saturated heterocycles. The number of carbonyl (C=O) groups excluding carboxylic acids is 1. The first-order chi connectivity index (χ1) is 20.0. The summed E-state index contributed by atoms with van der Waals surface area (Å²) in [5.74, 6) is -1.35. The van der Waals surface area contributed by atoms with E-state index in [0.717, 1.165) is 43.9 Å². The van der Waals surface area contributed by atoms with Crippen molar-refractivity contribution in [3.05, 3.63) is 60.4 Å². The maximum atomic E-state index is 14.1. The number of nitrogens with one attached hydrogen (secondary N) is 3. The lowest BCUT2D eigenvalue weighted by molar-refractivity contribution is -0.111. The van der Waals surface area contributed by atoms with Gasteiger partial charge in [0.1, 0.15) is 12.1 Å². The first-order valence-corrected chi connectivity index (χ1v) is 13.5. The van der Waals surface area contributed by atoms with Crippen molar-refractivity contribution < 1.29 is 23.4 Å². The van der Waals surface area contributed by atoms with Gasteiger partial charge >= 0.3 is 0 Å². The van der Waals surface area contributed by atoms with E-state index in [1.54, 1.807) is 13.2 Å². The van der Waals surface area contributed by atoms with Crippen LogP contribution in [0.15, 0.2) is 43.2 Å². The molecule has 42 heavy (non-hydrogen) atoms. The van der Waals surface area contributed by atoms with E-state index < -0.39 is 17.2 Å². The average molecular weight is 581 g/mol. The van der Waals surface area contributed by atoms with Gasteiger partial charge in [-0.1, -0.05) is 6.58 Å². The quantitative estimate of drug-likeness (QED) is 0.274. The first kappa shape index (κ1) is 29.1. The number of methoxy groups -OCH3 is 1. The lowest BCUT2D eigenvalue weighted by Gasteiger charge is -2.29. The standard InChI is InChI=1S/C29H34F2N8O3/c1-6-26(40)34-21-11-22(25(42-5)12-23(21)39-8-7-16-13-38(4)14-24(16)39)36-28-33-15-32-27(37-28)35-20-10-19(31)18(30)9-17(20)29(2,3)41/h6,9-12,15-16,24,41H,1,7-8,13-14H2,2-5H3,(H,34,40)(H2,32,33,35,36,37)/t16-,24+/m1/s1. The highest BCUT2D eigenvalue weighted by Gasteiger charge is 2.41. The van der Waals surface area contributed by atoms with Crippen LogP contribution in [0.4, 0.5) is 43.4 Å². The fourth-order valence-corrected chi connectivity index (χ4v) is 5.64. The number of aromatic nitrogens is 3. The fourth-order valence-electron chi connectivity index (χ4n) is 5.64. The molecule has 0 saturated carbocycles. The number of amides is 1. The predicted molar refractivity (Wildman–Crippen MR) is 157 cm³/mol. The molecule has 2 atom stereocenters. The van der Waals surface area contributed by atoms with Crippen LogP contribution in [0, 0.1) is 17.6 Å². The van der Waals surface area contributed by atoms with Gasteiger partial charge in [-0.3, -0.25) is 4.79 Å². The van der Waals surface area contributed by atoms with E-state index in [1.165, 1.54) is 26.3 Å². The number of hydrogen-bond donors (Lipinski definition) is 4. The monoisotopic (exact) mass is 580 g/mol. The van der Waals surface area contributed by atoms with E-state index in [9.17, 15) is 18.7 Å². The summed E-state index contributed by atoms with van der Waals surface area (Å²) in [5, 5.41) is 19.3. The van der Waals surface area contributed by atoms with Gasteiger partial charge in [0, 0.05) is 43.4 Å². The van der Waals surface area contributed by atoms with Gasteiger partial charge in [0.25, 0.3) is 0 Å². The molecular formula is C29H34F2N8O3. The number of carbonyl (C=O) groups is 1. The maximum Gasteiger partial charge on any atom is 0.247 e. The third kappa shape index (κ3) is 5.97. The lowest BCUT2D eigenvalue weighted by Crippen LogP contribution is -2.35. The number of fused-ring (bicyclic) bond motifs is 1. The van der Waals surface area contributed by atoms with Gasteiger partial charge in [0.05, 0.1) is 35.5 Å². The first-order valence-electron chi connectivity index (χ1n) is 13.5. The van der Waals surface area contributed by atoms with E-state index in [4.69, 9.17) is 4.74 Å². The van der Waals surface area contributed by atoms with E-state index in [0.29, 0.717) is 29.1 Å². The van der Waals surface area contributed by atoms with Crippen molar-refractivity contribution in [2.24, 2.45) is 5.92 Å². The third-order valence-electron chi connectivity index (χ3n) is 7.59. The van der Waals surface area contributed by atoms with E-state index in [-0.39, 0.29) is 29.1 Å². The second-order valence-corrected chi connectivity index (χ2v) is 11.0. The number of likely N-dealkylation sites (N-methyl/N-ethyl adjacent to an activating group) is 1. The molecule has 5 rings (SSSR count). The van der Waals surface area contributed by atoms with Crippen molar-refractivity contribution in [1.29, 1.82) is 0 Å². The number of rotatable bonds is 9. The summed E-state index contributed by atoms with van der Waals surface area (Å²) in [5.41, 5.74) is 0.621. The molecule has 2 aliphatic heterocycles. The molecule has 1 aromatic heterocycles. The molecular weight excluding hydrogens is 546 g/mol. The van der Waals surface area contributed by atoms with Gasteiger partial charge in [0.15, 0.2) is 11.6 Å². The molecule has 11 nitrogen and oxygen atoms in total. The van der Waals surface area contributed by atoms with Gasteiger partial charge in [-0.05, 0) is 51.4 Å². The van der Waals surface area contributed by atoms with Crippen LogP contribution in [-0.4, -0.2) is 70.7 Å². The Balaban J connectivity index is 1.47. The van der Waals surface area contributed by atoms with Crippen LogP contribution in [0.25, 0.3) is 0 Å². The summed E-state index contributed by atoms with van der Waals surface area (Å²) in [6.07, 6.45) is 3.50. The van der Waals surface area contributed by atoms with Crippen molar-refractivity contribution in [3.8, 4) is 5.75 Å². The minimum atomic E-state index is -1.48. The van der Waals surface area contributed by atoms with Crippen LogP contribution in [-0.2, 0) is 10.4 Å². The lowest BCUT2D eigenvalue weighted by atomic mass is 9.96. The van der Waals surface area contributed by atoms with Crippen molar-refractivity contribution in [2.75, 3.05) is 54.6 Å². The highest BCUT2D eigenvalue weighted by atomic mass is 19.2. The zero-order valence-corrected chi connectivity index (χ0v) is 23.9. The Morgan fingerprint density at radius 1 is 1.10 bits per heavy atom. The molecule has 3 heterocycles. The van der Waals surface area contributed by atoms with Crippen LogP contribution in [0.5, 0.6) is 5.75 Å². The zero-order chi connectivity index (χ0) is 30.2. The van der Waals surface area contributed by atoms with Crippen molar-refractivity contribution in [2.45, 2.75) is 31.9 Å². The summed E-state index contributed by atoms with van der Waals surface area (Å²) in [6.45, 7) is 9.31. The van der Waals surface area contributed by atoms with Gasteiger partial charge in [-0.25, -0.2) is 18.7 Å². The summed E-state index contributed by atoms with van der Waals surface area (Å²) in [4.78, 5) is 29.6. The zero-order valence-electron chi connectivity index (χ0n) is 23.9. The molecule has 13 heteroatoms. The minimum absolute atomic E-state index is 0.0215. The van der Waals surface area contributed by atoms with Crippen LogP contribution in [0.2, 0.25) is 0 Å². The summed E-state index contributed by atoms with van der Waals surface area (Å²) >= 11 is 0. The smallest absolute Gasteiger partial charge is 0.247 e. The second-order valence-electron chi connectivity index (χ2n) is 11.0. The second kappa shape index (κ2) is 11.5. The molecule has 0 bridgehead atoms. The molecule has 1 amide bonds. The largest absolute Gasteiger partial charge is 0.494 e. The van der Waals surface area contributed by atoms with Gasteiger partial charge < -0.3 is 35.6 Å². The Labute approximate surface area is 242 Å². The molecule has 0 radical (unpaired) electrons. The molecule has 2 aliphatic rings. The van der Waals surface area contributed by atoms with Crippen LogP contribution >= 0.6 is 0 Å². The topological polar surface area (TPSA) is 128 Å². The number of aliphatic hydroxyl groups is 1. The van der Waals surface area contributed by atoms with Crippen molar-refractivity contribution in [1.82, 2.24) is 19.9 Å². The van der Waals surface area contributed by atoms with Crippen LogP contribution in [0.3, 0.4) is 0 Å².